The molecule has 1 aromatic carbocycles. The fraction of sp³-hybridized carbons (Fsp3) is 0.462. The van der Waals surface area contributed by atoms with Gasteiger partial charge in [-0.05, 0) is 24.1 Å². The Morgan fingerprint density at radius 1 is 1.44 bits per heavy atom. The minimum atomic E-state index is -0.458. The van der Waals surface area contributed by atoms with Crippen LogP contribution >= 0.6 is 24.0 Å². The first-order valence-corrected chi connectivity index (χ1v) is 6.06. The van der Waals surface area contributed by atoms with Crippen molar-refractivity contribution in [1.82, 2.24) is 5.32 Å². The first-order chi connectivity index (χ1) is 7.95. The van der Waals surface area contributed by atoms with Crippen LogP contribution in [0.3, 0.4) is 0 Å². The van der Waals surface area contributed by atoms with Gasteiger partial charge in [0.15, 0.2) is 0 Å². The number of nitrogens with one attached hydrogen (secondary N) is 1. The third-order valence-corrected chi connectivity index (χ3v) is 2.81. The maximum atomic E-state index is 11.9. The van der Waals surface area contributed by atoms with Gasteiger partial charge >= 0.3 is 0 Å². The quantitative estimate of drug-likeness (QED) is 0.875. The second-order valence-electron chi connectivity index (χ2n) is 4.74. The topological polar surface area (TPSA) is 55.1 Å². The molecule has 0 aromatic heterocycles. The van der Waals surface area contributed by atoms with Crippen LogP contribution in [0.4, 0.5) is 0 Å². The molecule has 0 spiro atoms. The smallest absolute Gasteiger partial charge is 0.226 e. The molecule has 102 valence electrons. The van der Waals surface area contributed by atoms with E-state index in [-0.39, 0.29) is 18.3 Å². The number of rotatable bonds is 5. The maximum absolute atomic E-state index is 11.9. The molecule has 5 heteroatoms. The Morgan fingerprint density at radius 3 is 2.67 bits per heavy atom. The van der Waals surface area contributed by atoms with Crippen molar-refractivity contribution in [3.05, 3.63) is 34.9 Å². The highest BCUT2D eigenvalue weighted by Gasteiger charge is 2.27. The van der Waals surface area contributed by atoms with Crippen LogP contribution in [-0.4, -0.2) is 19.0 Å². The van der Waals surface area contributed by atoms with Crippen LogP contribution in [-0.2, 0) is 11.2 Å². The molecular formula is C13H20Cl2N2O. The van der Waals surface area contributed by atoms with Gasteiger partial charge in [-0.15, -0.1) is 12.4 Å². The number of carbonyl (C=O) groups excluding carboxylic acids is 1. The molecule has 0 bridgehead atoms. The molecule has 0 fully saturated rings. The largest absolute Gasteiger partial charge is 0.354 e. The van der Waals surface area contributed by atoms with E-state index in [4.69, 9.17) is 17.3 Å². The predicted molar refractivity (Wildman–Crippen MR) is 78.2 cm³/mol. The van der Waals surface area contributed by atoms with Gasteiger partial charge in [-0.2, -0.15) is 0 Å². The fourth-order valence-electron chi connectivity index (χ4n) is 1.66. The number of benzene rings is 1. The van der Waals surface area contributed by atoms with Gasteiger partial charge in [0.05, 0.1) is 0 Å². The molecular weight excluding hydrogens is 271 g/mol. The lowest BCUT2D eigenvalue weighted by Gasteiger charge is -2.23. The Kier molecular flexibility index (Phi) is 7.29. The third kappa shape index (κ3) is 5.25. The van der Waals surface area contributed by atoms with Crippen LogP contribution in [0.1, 0.15) is 19.4 Å². The average Bonchev–Trinajstić information content (AvgIpc) is 2.25. The van der Waals surface area contributed by atoms with Crippen molar-refractivity contribution in [3.8, 4) is 0 Å². The summed E-state index contributed by atoms with van der Waals surface area (Å²) in [5.74, 6) is 0.0166. The Bertz CT molecular complexity index is 394. The minimum absolute atomic E-state index is 0. The standard InChI is InChI=1S/C13H19ClN2O.ClH/c1-13(2,12(17)16-7-6-15)9-10-4-3-5-11(14)8-10;/h3-5,8H,6-7,9,15H2,1-2H3,(H,16,17);1H. The molecule has 0 saturated carbocycles. The second-order valence-corrected chi connectivity index (χ2v) is 5.17. The summed E-state index contributed by atoms with van der Waals surface area (Å²) in [6.07, 6.45) is 0.657. The molecule has 0 saturated heterocycles. The van der Waals surface area contributed by atoms with E-state index >= 15 is 0 Å². The second kappa shape index (κ2) is 7.62. The van der Waals surface area contributed by atoms with E-state index in [1.165, 1.54) is 0 Å². The molecule has 0 heterocycles. The van der Waals surface area contributed by atoms with Gasteiger partial charge in [-0.3, -0.25) is 4.79 Å². The van der Waals surface area contributed by atoms with E-state index in [0.717, 1.165) is 5.56 Å². The molecule has 0 aliphatic carbocycles. The summed E-state index contributed by atoms with van der Waals surface area (Å²) >= 11 is 5.92. The van der Waals surface area contributed by atoms with Crippen molar-refractivity contribution in [3.63, 3.8) is 0 Å². The maximum Gasteiger partial charge on any atom is 0.226 e. The Morgan fingerprint density at radius 2 is 2.11 bits per heavy atom. The summed E-state index contributed by atoms with van der Waals surface area (Å²) in [5.41, 5.74) is 5.96. The molecule has 1 rings (SSSR count). The van der Waals surface area contributed by atoms with Crippen molar-refractivity contribution in [2.24, 2.45) is 11.1 Å². The number of carbonyl (C=O) groups is 1. The van der Waals surface area contributed by atoms with E-state index in [1.807, 2.05) is 38.1 Å². The molecule has 0 atom stereocenters. The molecule has 3 nitrogen and oxygen atoms in total. The summed E-state index contributed by atoms with van der Waals surface area (Å²) in [6, 6.07) is 7.58. The molecule has 0 unspecified atom stereocenters. The average molecular weight is 291 g/mol. The normalized spacial score (nSPS) is 10.7. The molecule has 18 heavy (non-hydrogen) atoms. The van der Waals surface area contributed by atoms with E-state index in [2.05, 4.69) is 5.32 Å². The van der Waals surface area contributed by atoms with Crippen LogP contribution in [0, 0.1) is 5.41 Å². The monoisotopic (exact) mass is 290 g/mol. The van der Waals surface area contributed by atoms with Gasteiger partial charge in [0, 0.05) is 23.5 Å². The highest BCUT2D eigenvalue weighted by molar-refractivity contribution is 6.30. The van der Waals surface area contributed by atoms with Crippen molar-refractivity contribution in [2.45, 2.75) is 20.3 Å². The van der Waals surface area contributed by atoms with Gasteiger partial charge in [0.25, 0.3) is 0 Å². The molecule has 0 aliphatic heterocycles. The summed E-state index contributed by atoms with van der Waals surface area (Å²) in [5, 5.41) is 3.51. The highest BCUT2D eigenvalue weighted by atomic mass is 35.5. The van der Waals surface area contributed by atoms with Crippen molar-refractivity contribution in [1.29, 1.82) is 0 Å². The van der Waals surface area contributed by atoms with Gasteiger partial charge in [0.1, 0.15) is 0 Å². The van der Waals surface area contributed by atoms with E-state index in [0.29, 0.717) is 24.5 Å². The molecule has 0 aliphatic rings. The zero-order valence-electron chi connectivity index (χ0n) is 10.7. The lowest BCUT2D eigenvalue weighted by Crippen LogP contribution is -2.40. The predicted octanol–water partition coefficient (Wildman–Crippen LogP) is 2.41. The van der Waals surface area contributed by atoms with E-state index in [9.17, 15) is 4.79 Å². The van der Waals surface area contributed by atoms with Crippen LogP contribution in [0.15, 0.2) is 24.3 Å². The van der Waals surface area contributed by atoms with Gasteiger partial charge < -0.3 is 11.1 Å². The van der Waals surface area contributed by atoms with E-state index in [1.54, 1.807) is 0 Å². The molecule has 1 amide bonds. The van der Waals surface area contributed by atoms with Crippen LogP contribution in [0.25, 0.3) is 0 Å². The van der Waals surface area contributed by atoms with Crippen molar-refractivity contribution in [2.75, 3.05) is 13.1 Å². The Hall–Kier alpha value is -0.770. The Balaban J connectivity index is 0.00000289. The third-order valence-electron chi connectivity index (χ3n) is 2.58. The summed E-state index contributed by atoms with van der Waals surface area (Å²) < 4.78 is 0. The van der Waals surface area contributed by atoms with Crippen LogP contribution in [0.2, 0.25) is 5.02 Å². The number of amides is 1. The lowest BCUT2D eigenvalue weighted by atomic mass is 9.85. The zero-order valence-corrected chi connectivity index (χ0v) is 12.3. The number of halogens is 2. The number of hydrogen-bond donors (Lipinski definition) is 2. The highest BCUT2D eigenvalue weighted by Crippen LogP contribution is 2.23. The van der Waals surface area contributed by atoms with Crippen molar-refractivity contribution < 1.29 is 4.79 Å². The summed E-state index contributed by atoms with van der Waals surface area (Å²) in [7, 11) is 0. The molecule has 1 aromatic rings. The summed E-state index contributed by atoms with van der Waals surface area (Å²) in [4.78, 5) is 11.9. The number of nitrogens with two attached hydrogens (primary N) is 1. The first kappa shape index (κ1) is 17.2. The van der Waals surface area contributed by atoms with Crippen LogP contribution in [0.5, 0.6) is 0 Å². The Labute approximate surface area is 119 Å². The molecule has 0 radical (unpaired) electrons. The summed E-state index contributed by atoms with van der Waals surface area (Å²) in [6.45, 7) is 4.80. The number of hydrogen-bond acceptors (Lipinski definition) is 2. The molecule has 3 N–H and O–H groups in total. The fourth-order valence-corrected chi connectivity index (χ4v) is 1.88. The van der Waals surface area contributed by atoms with Crippen LogP contribution < -0.4 is 11.1 Å². The lowest BCUT2D eigenvalue weighted by molar-refractivity contribution is -0.129. The zero-order chi connectivity index (χ0) is 12.9. The van der Waals surface area contributed by atoms with Gasteiger partial charge in [-0.25, -0.2) is 0 Å². The first-order valence-electron chi connectivity index (χ1n) is 5.68. The van der Waals surface area contributed by atoms with Gasteiger partial charge in [0.2, 0.25) is 5.91 Å². The van der Waals surface area contributed by atoms with Crippen molar-refractivity contribution >= 4 is 29.9 Å². The minimum Gasteiger partial charge on any atom is -0.354 e. The van der Waals surface area contributed by atoms with Gasteiger partial charge in [-0.1, -0.05) is 37.6 Å². The van der Waals surface area contributed by atoms with E-state index < -0.39 is 5.41 Å². The SMILES string of the molecule is CC(C)(Cc1cccc(Cl)c1)C(=O)NCCN.Cl.